The summed E-state index contributed by atoms with van der Waals surface area (Å²) in [5.41, 5.74) is 3.52. The summed E-state index contributed by atoms with van der Waals surface area (Å²) < 4.78 is 5.16. The molecular formula is C20H22N4O. The maximum absolute atomic E-state index is 5.16. The molecule has 128 valence electrons. The molecule has 0 aliphatic rings. The van der Waals surface area contributed by atoms with Gasteiger partial charge >= 0.3 is 0 Å². The maximum Gasteiger partial charge on any atom is 0.229 e. The maximum atomic E-state index is 5.16. The van der Waals surface area contributed by atoms with Crippen LogP contribution < -0.4 is 15.4 Å². The fourth-order valence-corrected chi connectivity index (χ4v) is 2.52. The number of aromatic nitrogens is 2. The zero-order valence-corrected chi connectivity index (χ0v) is 14.5. The summed E-state index contributed by atoms with van der Waals surface area (Å²) in [7, 11) is 1.65. The molecule has 1 aromatic heterocycles. The largest absolute Gasteiger partial charge is 0.497 e. The first-order chi connectivity index (χ1) is 12.2. The summed E-state index contributed by atoms with van der Waals surface area (Å²) in [5.74, 6) is 2.18. The standard InChI is InChI=1S/C20H22N4O/c1-15-4-3-5-16(14-15)10-12-21-19-11-13-22-20(24-19)23-17-6-8-18(25-2)9-7-17/h3-9,11,13-14H,10,12H2,1-2H3,(H2,21,22,23,24). The number of nitrogens with zero attached hydrogens (tertiary/aromatic N) is 2. The van der Waals surface area contributed by atoms with E-state index >= 15 is 0 Å². The molecule has 5 heteroatoms. The summed E-state index contributed by atoms with van der Waals surface area (Å²) in [6.45, 7) is 2.93. The van der Waals surface area contributed by atoms with Crippen LogP contribution >= 0.6 is 0 Å². The van der Waals surface area contributed by atoms with E-state index in [4.69, 9.17) is 4.74 Å². The molecule has 5 nitrogen and oxygen atoms in total. The normalized spacial score (nSPS) is 10.3. The Balaban J connectivity index is 1.57. The lowest BCUT2D eigenvalue weighted by Crippen LogP contribution is -2.07. The molecule has 2 aromatic carbocycles. The smallest absolute Gasteiger partial charge is 0.229 e. The van der Waals surface area contributed by atoms with Crippen molar-refractivity contribution < 1.29 is 4.74 Å². The minimum absolute atomic E-state index is 0.561. The number of anilines is 3. The van der Waals surface area contributed by atoms with Crippen molar-refractivity contribution in [3.8, 4) is 5.75 Å². The van der Waals surface area contributed by atoms with Gasteiger partial charge in [0.2, 0.25) is 5.95 Å². The van der Waals surface area contributed by atoms with Gasteiger partial charge < -0.3 is 15.4 Å². The van der Waals surface area contributed by atoms with E-state index in [1.807, 2.05) is 30.3 Å². The molecular weight excluding hydrogens is 312 g/mol. The third-order valence-corrected chi connectivity index (χ3v) is 3.80. The second-order valence-corrected chi connectivity index (χ2v) is 5.78. The van der Waals surface area contributed by atoms with Crippen LogP contribution in [0.4, 0.5) is 17.5 Å². The van der Waals surface area contributed by atoms with Crippen LogP contribution in [0.25, 0.3) is 0 Å². The molecule has 0 aliphatic carbocycles. The van der Waals surface area contributed by atoms with Crippen molar-refractivity contribution in [3.05, 3.63) is 71.9 Å². The number of hydrogen-bond acceptors (Lipinski definition) is 5. The van der Waals surface area contributed by atoms with E-state index < -0.39 is 0 Å². The van der Waals surface area contributed by atoms with Gasteiger partial charge in [0.25, 0.3) is 0 Å². The van der Waals surface area contributed by atoms with Gasteiger partial charge in [-0.1, -0.05) is 29.8 Å². The van der Waals surface area contributed by atoms with Crippen LogP contribution in [0.15, 0.2) is 60.8 Å². The Bertz CT molecular complexity index is 818. The molecule has 0 saturated carbocycles. The predicted octanol–water partition coefficient (Wildman–Crippen LogP) is 4.19. The van der Waals surface area contributed by atoms with Crippen LogP contribution in [-0.4, -0.2) is 23.6 Å². The molecule has 1 heterocycles. The van der Waals surface area contributed by atoms with E-state index in [1.54, 1.807) is 13.3 Å². The van der Waals surface area contributed by atoms with Gasteiger partial charge in [-0.3, -0.25) is 0 Å². The van der Waals surface area contributed by atoms with Gasteiger partial charge in [0.1, 0.15) is 11.6 Å². The Labute approximate surface area is 148 Å². The summed E-state index contributed by atoms with van der Waals surface area (Å²) >= 11 is 0. The number of aryl methyl sites for hydroxylation is 1. The highest BCUT2D eigenvalue weighted by Gasteiger charge is 2.01. The van der Waals surface area contributed by atoms with Gasteiger partial charge in [-0.2, -0.15) is 4.98 Å². The van der Waals surface area contributed by atoms with Crippen molar-refractivity contribution in [2.24, 2.45) is 0 Å². The van der Waals surface area contributed by atoms with Crippen molar-refractivity contribution in [1.29, 1.82) is 0 Å². The van der Waals surface area contributed by atoms with E-state index in [0.717, 1.165) is 30.2 Å². The fourth-order valence-electron chi connectivity index (χ4n) is 2.52. The first-order valence-electron chi connectivity index (χ1n) is 8.26. The van der Waals surface area contributed by atoms with Crippen LogP contribution in [0.5, 0.6) is 5.75 Å². The van der Waals surface area contributed by atoms with Crippen LogP contribution in [0.3, 0.4) is 0 Å². The highest BCUT2D eigenvalue weighted by atomic mass is 16.5. The van der Waals surface area contributed by atoms with Crippen molar-refractivity contribution >= 4 is 17.5 Å². The molecule has 0 aliphatic heterocycles. The molecule has 0 saturated heterocycles. The van der Waals surface area contributed by atoms with Gasteiger partial charge in [0.05, 0.1) is 7.11 Å². The quantitative estimate of drug-likeness (QED) is 0.678. The average molecular weight is 334 g/mol. The van der Waals surface area contributed by atoms with Crippen LogP contribution in [-0.2, 0) is 6.42 Å². The second-order valence-electron chi connectivity index (χ2n) is 5.78. The van der Waals surface area contributed by atoms with Crippen molar-refractivity contribution in [2.45, 2.75) is 13.3 Å². The van der Waals surface area contributed by atoms with Crippen molar-refractivity contribution in [2.75, 3.05) is 24.3 Å². The Morgan fingerprint density at radius 1 is 1.04 bits per heavy atom. The Hall–Kier alpha value is -3.08. The molecule has 0 bridgehead atoms. The first kappa shape index (κ1) is 16.8. The van der Waals surface area contributed by atoms with Gasteiger partial charge in [-0.05, 0) is 49.2 Å². The minimum atomic E-state index is 0.561. The summed E-state index contributed by atoms with van der Waals surface area (Å²) in [4.78, 5) is 8.76. The molecule has 0 radical (unpaired) electrons. The molecule has 0 unspecified atom stereocenters. The number of methoxy groups -OCH3 is 1. The molecule has 0 atom stereocenters. The number of rotatable bonds is 7. The van der Waals surface area contributed by atoms with E-state index in [9.17, 15) is 0 Å². The van der Waals surface area contributed by atoms with E-state index in [0.29, 0.717) is 5.95 Å². The first-order valence-corrected chi connectivity index (χ1v) is 8.26. The highest BCUT2D eigenvalue weighted by molar-refractivity contribution is 5.55. The lowest BCUT2D eigenvalue weighted by molar-refractivity contribution is 0.415. The van der Waals surface area contributed by atoms with E-state index in [2.05, 4.69) is 51.8 Å². The molecule has 3 aromatic rings. The molecule has 3 rings (SSSR count). The van der Waals surface area contributed by atoms with Crippen LogP contribution in [0, 0.1) is 6.92 Å². The molecule has 0 spiro atoms. The summed E-state index contributed by atoms with van der Waals surface area (Å²) in [6, 6.07) is 18.1. The minimum Gasteiger partial charge on any atom is -0.497 e. The number of benzene rings is 2. The van der Waals surface area contributed by atoms with Gasteiger partial charge in [-0.15, -0.1) is 0 Å². The van der Waals surface area contributed by atoms with Crippen LogP contribution in [0.1, 0.15) is 11.1 Å². The molecule has 0 amide bonds. The lowest BCUT2D eigenvalue weighted by atomic mass is 10.1. The average Bonchev–Trinajstić information content (AvgIpc) is 2.63. The molecule has 2 N–H and O–H groups in total. The fraction of sp³-hybridized carbons (Fsp3) is 0.200. The Morgan fingerprint density at radius 2 is 1.88 bits per heavy atom. The number of nitrogens with one attached hydrogen (secondary N) is 2. The molecule has 25 heavy (non-hydrogen) atoms. The van der Waals surface area contributed by atoms with Gasteiger partial charge in [0.15, 0.2) is 0 Å². The van der Waals surface area contributed by atoms with Gasteiger partial charge in [0, 0.05) is 18.4 Å². The second kappa shape index (κ2) is 8.15. The highest BCUT2D eigenvalue weighted by Crippen LogP contribution is 2.18. The Morgan fingerprint density at radius 3 is 2.64 bits per heavy atom. The topological polar surface area (TPSA) is 59.1 Å². The monoisotopic (exact) mass is 334 g/mol. The third kappa shape index (κ3) is 4.94. The zero-order chi connectivity index (χ0) is 17.5. The summed E-state index contributed by atoms with van der Waals surface area (Å²) in [5, 5.41) is 6.54. The van der Waals surface area contributed by atoms with E-state index in [1.165, 1.54) is 11.1 Å². The van der Waals surface area contributed by atoms with Gasteiger partial charge in [-0.25, -0.2) is 4.98 Å². The van der Waals surface area contributed by atoms with E-state index in [-0.39, 0.29) is 0 Å². The predicted molar refractivity (Wildman–Crippen MR) is 102 cm³/mol. The zero-order valence-electron chi connectivity index (χ0n) is 14.5. The lowest BCUT2D eigenvalue weighted by Gasteiger charge is -2.09. The van der Waals surface area contributed by atoms with Crippen molar-refractivity contribution in [1.82, 2.24) is 9.97 Å². The number of hydrogen-bond donors (Lipinski definition) is 2. The molecule has 0 fully saturated rings. The van der Waals surface area contributed by atoms with Crippen molar-refractivity contribution in [3.63, 3.8) is 0 Å². The summed E-state index contributed by atoms with van der Waals surface area (Å²) in [6.07, 6.45) is 2.70. The third-order valence-electron chi connectivity index (χ3n) is 3.80. The SMILES string of the molecule is COc1ccc(Nc2nccc(NCCc3cccc(C)c3)n2)cc1. The Kier molecular flexibility index (Phi) is 5.46. The van der Waals surface area contributed by atoms with Crippen LogP contribution in [0.2, 0.25) is 0 Å². The number of ether oxygens (including phenoxy) is 1.